The minimum absolute atomic E-state index is 0.0272. The molecule has 1 heterocycles. The highest BCUT2D eigenvalue weighted by Crippen LogP contribution is 2.15. The second-order valence-corrected chi connectivity index (χ2v) is 2.38. The molecule has 0 saturated heterocycles. The fourth-order valence-electron chi connectivity index (χ4n) is 0.955. The summed E-state index contributed by atoms with van der Waals surface area (Å²) in [6.45, 7) is 6.83. The van der Waals surface area contributed by atoms with E-state index in [0.29, 0.717) is 17.1 Å². The van der Waals surface area contributed by atoms with Crippen LogP contribution in [-0.2, 0) is 0 Å². The molecular weight excluding hydrogens is 140 g/mol. The van der Waals surface area contributed by atoms with Gasteiger partial charge in [-0.15, -0.1) is 0 Å². The Balaban J connectivity index is 3.16. The highest BCUT2D eigenvalue weighted by Gasteiger charge is 2.08. The van der Waals surface area contributed by atoms with Crippen molar-refractivity contribution in [3.05, 3.63) is 29.7 Å². The normalized spacial score (nSPS) is 9.64. The predicted molar refractivity (Wildman–Crippen MR) is 43.5 cm³/mol. The van der Waals surface area contributed by atoms with E-state index >= 15 is 0 Å². The van der Waals surface area contributed by atoms with E-state index in [2.05, 4.69) is 6.58 Å². The van der Waals surface area contributed by atoms with Crippen molar-refractivity contribution in [1.82, 2.24) is 0 Å². The van der Waals surface area contributed by atoms with Gasteiger partial charge < -0.3 is 4.42 Å². The first-order valence-electron chi connectivity index (χ1n) is 3.39. The highest BCUT2D eigenvalue weighted by molar-refractivity contribution is 5.95. The van der Waals surface area contributed by atoms with E-state index < -0.39 is 0 Å². The van der Waals surface area contributed by atoms with Crippen molar-refractivity contribution in [3.8, 4) is 0 Å². The summed E-state index contributed by atoms with van der Waals surface area (Å²) in [7, 11) is 0. The lowest BCUT2D eigenvalue weighted by Gasteiger charge is -1.86. The summed E-state index contributed by atoms with van der Waals surface area (Å²) in [4.78, 5) is 10.9. The number of aryl methyl sites for hydroxylation is 1. The lowest BCUT2D eigenvalue weighted by atomic mass is 10.2. The van der Waals surface area contributed by atoms with Crippen molar-refractivity contribution in [2.45, 2.75) is 13.8 Å². The lowest BCUT2D eigenvalue weighted by Crippen LogP contribution is -1.89. The maximum Gasteiger partial charge on any atom is 0.163 e. The molecule has 0 aliphatic carbocycles. The van der Waals surface area contributed by atoms with E-state index in [1.807, 2.05) is 0 Å². The molecule has 58 valence electrons. The molecule has 0 aromatic carbocycles. The molecule has 0 atom stereocenters. The van der Waals surface area contributed by atoms with Gasteiger partial charge in [-0.1, -0.05) is 6.58 Å². The van der Waals surface area contributed by atoms with Crippen molar-refractivity contribution in [2.24, 2.45) is 0 Å². The van der Waals surface area contributed by atoms with Crippen LogP contribution in [0.4, 0.5) is 0 Å². The molecule has 1 aromatic rings. The second-order valence-electron chi connectivity index (χ2n) is 2.38. The van der Waals surface area contributed by atoms with Crippen LogP contribution in [-0.4, -0.2) is 5.78 Å². The van der Waals surface area contributed by atoms with Crippen LogP contribution in [0.2, 0.25) is 0 Å². The van der Waals surface area contributed by atoms with E-state index in [9.17, 15) is 4.79 Å². The summed E-state index contributed by atoms with van der Waals surface area (Å²) >= 11 is 0. The fourth-order valence-corrected chi connectivity index (χ4v) is 0.955. The molecule has 0 spiro atoms. The quantitative estimate of drug-likeness (QED) is 0.606. The van der Waals surface area contributed by atoms with Crippen LogP contribution in [0, 0.1) is 6.92 Å². The average molecular weight is 150 g/mol. The van der Waals surface area contributed by atoms with E-state index in [-0.39, 0.29) is 5.78 Å². The number of Topliss-reactive ketones (excluding diaryl/α,β-unsaturated/α-hetero) is 1. The molecule has 0 unspecified atom stereocenters. The summed E-state index contributed by atoms with van der Waals surface area (Å²) < 4.78 is 5.19. The smallest absolute Gasteiger partial charge is 0.163 e. The molecule has 0 fully saturated rings. The summed E-state index contributed by atoms with van der Waals surface area (Å²) in [6.07, 6.45) is 1.58. The molecule has 0 N–H and O–H groups in total. The van der Waals surface area contributed by atoms with Crippen LogP contribution in [0.25, 0.3) is 6.08 Å². The molecule has 0 amide bonds. The molecule has 0 saturated carbocycles. The summed E-state index contributed by atoms with van der Waals surface area (Å²) in [5.41, 5.74) is 0.639. The third-order valence-corrected chi connectivity index (χ3v) is 1.52. The highest BCUT2D eigenvalue weighted by atomic mass is 16.3. The summed E-state index contributed by atoms with van der Waals surface area (Å²) in [5.74, 6) is 1.33. The van der Waals surface area contributed by atoms with Crippen molar-refractivity contribution in [1.29, 1.82) is 0 Å². The van der Waals surface area contributed by atoms with Gasteiger partial charge in [0.1, 0.15) is 11.5 Å². The van der Waals surface area contributed by atoms with Gasteiger partial charge in [-0.3, -0.25) is 4.79 Å². The molecule has 1 aromatic heterocycles. The lowest BCUT2D eigenvalue weighted by molar-refractivity contribution is 0.101. The molecule has 0 aliphatic rings. The molecule has 0 radical (unpaired) electrons. The van der Waals surface area contributed by atoms with Crippen LogP contribution in [0.3, 0.4) is 0 Å². The van der Waals surface area contributed by atoms with E-state index in [1.54, 1.807) is 19.1 Å². The predicted octanol–water partition coefficient (Wildman–Crippen LogP) is 2.43. The maximum absolute atomic E-state index is 10.9. The Hall–Kier alpha value is -1.31. The maximum atomic E-state index is 10.9. The van der Waals surface area contributed by atoms with Crippen LogP contribution in [0.5, 0.6) is 0 Å². The Morgan fingerprint density at radius 1 is 1.73 bits per heavy atom. The monoisotopic (exact) mass is 150 g/mol. The minimum Gasteiger partial charge on any atom is -0.461 e. The van der Waals surface area contributed by atoms with E-state index in [0.717, 1.165) is 0 Å². The summed E-state index contributed by atoms with van der Waals surface area (Å²) in [6, 6.07) is 1.70. The fraction of sp³-hybridized carbons (Fsp3) is 0.222. The van der Waals surface area contributed by atoms with E-state index in [1.165, 1.54) is 6.92 Å². The van der Waals surface area contributed by atoms with Gasteiger partial charge in [-0.05, 0) is 26.0 Å². The first-order valence-corrected chi connectivity index (χ1v) is 3.39. The van der Waals surface area contributed by atoms with Crippen LogP contribution < -0.4 is 0 Å². The number of hydrogen-bond acceptors (Lipinski definition) is 2. The molecule has 1 rings (SSSR count). The standard InChI is InChI=1S/C9H10O2/c1-4-8-5-9(6(2)10)7(3)11-8/h4-5H,1H2,2-3H3. The number of rotatable bonds is 2. The van der Waals surface area contributed by atoms with Crippen LogP contribution in [0.1, 0.15) is 28.8 Å². The Bertz CT molecular complexity index is 295. The molecule has 2 heteroatoms. The molecule has 0 aliphatic heterocycles. The van der Waals surface area contributed by atoms with Gasteiger partial charge in [0.15, 0.2) is 5.78 Å². The first-order chi connectivity index (χ1) is 5.15. The van der Waals surface area contributed by atoms with Gasteiger partial charge in [-0.25, -0.2) is 0 Å². The van der Waals surface area contributed by atoms with Gasteiger partial charge >= 0.3 is 0 Å². The molecule has 11 heavy (non-hydrogen) atoms. The van der Waals surface area contributed by atoms with Crippen LogP contribution >= 0.6 is 0 Å². The van der Waals surface area contributed by atoms with Crippen molar-refractivity contribution in [2.75, 3.05) is 0 Å². The van der Waals surface area contributed by atoms with Crippen molar-refractivity contribution >= 4 is 11.9 Å². The zero-order valence-electron chi connectivity index (χ0n) is 6.68. The van der Waals surface area contributed by atoms with Crippen molar-refractivity contribution in [3.63, 3.8) is 0 Å². The third kappa shape index (κ3) is 1.40. The zero-order valence-corrected chi connectivity index (χ0v) is 6.68. The molecular formula is C9H10O2. The van der Waals surface area contributed by atoms with E-state index in [4.69, 9.17) is 4.42 Å². The second kappa shape index (κ2) is 2.74. The average Bonchev–Trinajstić information content (AvgIpc) is 2.30. The third-order valence-electron chi connectivity index (χ3n) is 1.52. The Morgan fingerprint density at radius 2 is 2.36 bits per heavy atom. The van der Waals surface area contributed by atoms with Gasteiger partial charge in [0, 0.05) is 0 Å². The SMILES string of the molecule is C=Cc1cc(C(C)=O)c(C)o1. The topological polar surface area (TPSA) is 30.2 Å². The zero-order chi connectivity index (χ0) is 8.43. The largest absolute Gasteiger partial charge is 0.461 e. The van der Waals surface area contributed by atoms with Gasteiger partial charge in [0.05, 0.1) is 5.56 Å². The number of furan rings is 1. The molecule has 2 nitrogen and oxygen atoms in total. The van der Waals surface area contributed by atoms with Gasteiger partial charge in [0.25, 0.3) is 0 Å². The Morgan fingerprint density at radius 3 is 2.64 bits per heavy atom. The Kier molecular flexibility index (Phi) is 1.94. The van der Waals surface area contributed by atoms with Crippen molar-refractivity contribution < 1.29 is 9.21 Å². The van der Waals surface area contributed by atoms with Crippen LogP contribution in [0.15, 0.2) is 17.1 Å². The number of carbonyl (C=O) groups is 1. The number of ketones is 1. The number of carbonyl (C=O) groups excluding carboxylic acids is 1. The minimum atomic E-state index is 0.0272. The Labute approximate surface area is 65.5 Å². The number of hydrogen-bond donors (Lipinski definition) is 0. The van der Waals surface area contributed by atoms with Gasteiger partial charge in [0.2, 0.25) is 0 Å². The molecule has 0 bridgehead atoms. The van der Waals surface area contributed by atoms with Gasteiger partial charge in [-0.2, -0.15) is 0 Å². The first kappa shape index (κ1) is 7.79. The summed E-state index contributed by atoms with van der Waals surface area (Å²) in [5, 5.41) is 0.